The van der Waals surface area contributed by atoms with E-state index in [1.807, 2.05) is 0 Å². The largest absolute Gasteiger partial charge is 0.416 e. The summed E-state index contributed by atoms with van der Waals surface area (Å²) in [6.07, 6.45) is -4.63. The van der Waals surface area contributed by atoms with Gasteiger partial charge in [-0.05, 0) is 36.4 Å². The van der Waals surface area contributed by atoms with E-state index in [2.05, 4.69) is 0 Å². The molecular formula is C21H19ClF3N3O4. The number of carbonyl (C=O) groups excluding carboxylic acids is 2. The normalized spacial score (nSPS) is 14.4. The molecule has 170 valence electrons. The number of carbonyl (C=O) groups is 2. The highest BCUT2D eigenvalue weighted by Gasteiger charge is 2.34. The number of amides is 1. The van der Waals surface area contributed by atoms with E-state index < -0.39 is 22.4 Å². The lowest BCUT2D eigenvalue weighted by atomic mass is 10.1. The molecule has 0 atom stereocenters. The Morgan fingerprint density at radius 2 is 1.62 bits per heavy atom. The van der Waals surface area contributed by atoms with Crippen molar-refractivity contribution in [1.29, 1.82) is 0 Å². The van der Waals surface area contributed by atoms with E-state index in [1.54, 1.807) is 34.1 Å². The van der Waals surface area contributed by atoms with Gasteiger partial charge in [-0.25, -0.2) is 0 Å². The molecule has 1 aliphatic rings. The first-order valence-corrected chi connectivity index (χ1v) is 10.1. The average molecular weight is 470 g/mol. The molecule has 1 aliphatic heterocycles. The first-order valence-electron chi connectivity index (χ1n) is 9.73. The number of Topliss-reactive ketones (excluding diaryl/α,β-unsaturated/α-hetero) is 1. The minimum Gasteiger partial charge on any atom is -0.362 e. The van der Waals surface area contributed by atoms with Gasteiger partial charge in [-0.3, -0.25) is 19.7 Å². The van der Waals surface area contributed by atoms with Gasteiger partial charge < -0.3 is 9.80 Å². The molecule has 3 rings (SSSR count). The van der Waals surface area contributed by atoms with Crippen molar-refractivity contribution >= 4 is 34.7 Å². The number of piperazine rings is 1. The molecule has 0 spiro atoms. The summed E-state index contributed by atoms with van der Waals surface area (Å²) in [7, 11) is 0. The Morgan fingerprint density at radius 3 is 2.19 bits per heavy atom. The number of halogens is 4. The zero-order chi connectivity index (χ0) is 23.5. The lowest BCUT2D eigenvalue weighted by molar-refractivity contribution is -0.384. The number of ketones is 1. The summed E-state index contributed by atoms with van der Waals surface area (Å²) in [6.45, 7) is 0.935. The van der Waals surface area contributed by atoms with E-state index in [-0.39, 0.29) is 56.4 Å². The summed E-state index contributed by atoms with van der Waals surface area (Å²) in [5, 5.41) is 11.8. The highest BCUT2D eigenvalue weighted by Crippen LogP contribution is 2.36. The standard InChI is InChI=1S/C21H19ClF3N3O4/c22-16-4-1-14(2-5-16)19(29)7-8-20(30)27-11-9-26(10-12-27)17-6-3-15(21(23,24)25)13-18(17)28(31)32/h1-6,13H,7-12H2. The van der Waals surface area contributed by atoms with Crippen LogP contribution >= 0.6 is 11.6 Å². The molecule has 7 nitrogen and oxygen atoms in total. The Balaban J connectivity index is 1.59. The summed E-state index contributed by atoms with van der Waals surface area (Å²) in [4.78, 5) is 38.3. The summed E-state index contributed by atoms with van der Waals surface area (Å²) in [6, 6.07) is 8.78. The van der Waals surface area contributed by atoms with Crippen LogP contribution in [0.5, 0.6) is 0 Å². The number of nitro benzene ring substituents is 1. The number of hydrogen-bond acceptors (Lipinski definition) is 5. The molecule has 0 aromatic heterocycles. The van der Waals surface area contributed by atoms with E-state index in [0.717, 1.165) is 12.1 Å². The molecular weight excluding hydrogens is 451 g/mol. The molecule has 0 N–H and O–H groups in total. The van der Waals surface area contributed by atoms with Crippen LogP contribution in [-0.4, -0.2) is 47.7 Å². The van der Waals surface area contributed by atoms with E-state index in [4.69, 9.17) is 11.6 Å². The number of nitrogens with zero attached hydrogens (tertiary/aromatic N) is 3. The second-order valence-electron chi connectivity index (χ2n) is 7.26. The smallest absolute Gasteiger partial charge is 0.362 e. The molecule has 1 amide bonds. The van der Waals surface area contributed by atoms with Crippen LogP contribution in [-0.2, 0) is 11.0 Å². The number of benzene rings is 2. The zero-order valence-electron chi connectivity index (χ0n) is 16.8. The predicted octanol–water partition coefficient (Wildman–Crippen LogP) is 4.58. The second kappa shape index (κ2) is 9.56. The fraction of sp³-hybridized carbons (Fsp3) is 0.333. The molecule has 2 aromatic rings. The van der Waals surface area contributed by atoms with Crippen LogP contribution in [0, 0.1) is 10.1 Å². The topological polar surface area (TPSA) is 83.8 Å². The van der Waals surface area contributed by atoms with Crippen LogP contribution in [0.15, 0.2) is 42.5 Å². The fourth-order valence-electron chi connectivity index (χ4n) is 3.47. The van der Waals surface area contributed by atoms with Gasteiger partial charge in [0.05, 0.1) is 10.5 Å². The highest BCUT2D eigenvalue weighted by atomic mass is 35.5. The summed E-state index contributed by atoms with van der Waals surface area (Å²) >= 11 is 5.79. The van der Waals surface area contributed by atoms with E-state index in [9.17, 15) is 32.9 Å². The fourth-order valence-corrected chi connectivity index (χ4v) is 3.59. The van der Waals surface area contributed by atoms with E-state index in [1.165, 1.54) is 0 Å². The van der Waals surface area contributed by atoms with Crippen LogP contribution in [0.1, 0.15) is 28.8 Å². The maximum atomic E-state index is 12.9. The van der Waals surface area contributed by atoms with Gasteiger partial charge in [0.15, 0.2) is 5.78 Å². The zero-order valence-corrected chi connectivity index (χ0v) is 17.5. The van der Waals surface area contributed by atoms with Crippen molar-refractivity contribution in [1.82, 2.24) is 4.90 Å². The first-order chi connectivity index (χ1) is 15.1. The molecule has 0 radical (unpaired) electrons. The summed E-state index contributed by atoms with van der Waals surface area (Å²) in [5.41, 5.74) is -1.19. The lowest BCUT2D eigenvalue weighted by Crippen LogP contribution is -2.49. The van der Waals surface area contributed by atoms with Crippen molar-refractivity contribution in [3.63, 3.8) is 0 Å². The van der Waals surface area contributed by atoms with Crippen molar-refractivity contribution in [3.05, 3.63) is 68.7 Å². The maximum absolute atomic E-state index is 12.9. The molecule has 0 bridgehead atoms. The third kappa shape index (κ3) is 5.56. The van der Waals surface area contributed by atoms with Gasteiger partial charge in [-0.1, -0.05) is 11.6 Å². The molecule has 0 aliphatic carbocycles. The van der Waals surface area contributed by atoms with Gasteiger partial charge in [-0.15, -0.1) is 0 Å². The molecule has 1 saturated heterocycles. The molecule has 0 unspecified atom stereocenters. The van der Waals surface area contributed by atoms with Crippen LogP contribution < -0.4 is 4.90 Å². The summed E-state index contributed by atoms with van der Waals surface area (Å²) in [5.74, 6) is -0.414. The van der Waals surface area contributed by atoms with E-state index in [0.29, 0.717) is 16.7 Å². The van der Waals surface area contributed by atoms with Crippen molar-refractivity contribution in [2.75, 3.05) is 31.1 Å². The summed E-state index contributed by atoms with van der Waals surface area (Å²) < 4.78 is 38.7. The highest BCUT2D eigenvalue weighted by molar-refractivity contribution is 6.30. The second-order valence-corrected chi connectivity index (χ2v) is 7.69. The SMILES string of the molecule is O=C(CCC(=O)N1CCN(c2ccc(C(F)(F)F)cc2[N+](=O)[O-])CC1)c1ccc(Cl)cc1. The quantitative estimate of drug-likeness (QED) is 0.351. The minimum absolute atomic E-state index is 0.0158. The molecule has 1 heterocycles. The predicted molar refractivity (Wildman–Crippen MR) is 112 cm³/mol. The first kappa shape index (κ1) is 23.5. The average Bonchev–Trinajstić information content (AvgIpc) is 2.76. The minimum atomic E-state index is -4.68. The van der Waals surface area contributed by atoms with Gasteiger partial charge >= 0.3 is 6.18 Å². The maximum Gasteiger partial charge on any atom is 0.416 e. The Morgan fingerprint density at radius 1 is 1.00 bits per heavy atom. The molecule has 2 aromatic carbocycles. The van der Waals surface area contributed by atoms with Crippen molar-refractivity contribution < 1.29 is 27.7 Å². The Labute approximate surface area is 186 Å². The molecule has 1 fully saturated rings. The van der Waals surface area contributed by atoms with Gasteiger partial charge in [-0.2, -0.15) is 13.2 Å². The number of alkyl halides is 3. The molecule has 0 saturated carbocycles. The van der Waals surface area contributed by atoms with Crippen molar-refractivity contribution in [2.24, 2.45) is 0 Å². The third-order valence-electron chi connectivity index (χ3n) is 5.20. The molecule has 32 heavy (non-hydrogen) atoms. The number of anilines is 1. The number of nitro groups is 1. The van der Waals surface area contributed by atoms with Crippen molar-refractivity contribution in [2.45, 2.75) is 19.0 Å². The van der Waals surface area contributed by atoms with Gasteiger partial charge in [0.2, 0.25) is 5.91 Å². The van der Waals surface area contributed by atoms with Crippen LogP contribution in [0.3, 0.4) is 0 Å². The van der Waals surface area contributed by atoms with Gasteiger partial charge in [0.1, 0.15) is 5.69 Å². The number of hydrogen-bond donors (Lipinski definition) is 0. The number of rotatable bonds is 6. The lowest BCUT2D eigenvalue weighted by Gasteiger charge is -2.36. The Kier molecular flexibility index (Phi) is 7.02. The van der Waals surface area contributed by atoms with Crippen molar-refractivity contribution in [3.8, 4) is 0 Å². The monoisotopic (exact) mass is 469 g/mol. The van der Waals surface area contributed by atoms with Gasteiger partial charge in [0, 0.05) is 55.7 Å². The van der Waals surface area contributed by atoms with E-state index >= 15 is 0 Å². The Bertz CT molecular complexity index is 1020. The van der Waals surface area contributed by atoms with Crippen LogP contribution in [0.4, 0.5) is 24.5 Å². The van der Waals surface area contributed by atoms with Gasteiger partial charge in [0.25, 0.3) is 5.69 Å². The molecule has 11 heteroatoms. The Hall–Kier alpha value is -3.14. The van der Waals surface area contributed by atoms with Crippen LogP contribution in [0.25, 0.3) is 0 Å². The third-order valence-corrected chi connectivity index (χ3v) is 5.46. The van der Waals surface area contributed by atoms with Crippen LogP contribution in [0.2, 0.25) is 5.02 Å².